The third-order valence-corrected chi connectivity index (χ3v) is 4.69. The van der Waals surface area contributed by atoms with Gasteiger partial charge >= 0.3 is 0 Å². The van der Waals surface area contributed by atoms with Crippen molar-refractivity contribution in [1.29, 1.82) is 0 Å². The molecule has 3 rings (SSSR count). The Labute approximate surface area is 127 Å². The maximum atomic E-state index is 12.1. The molecule has 1 N–H and O–H groups in total. The van der Waals surface area contributed by atoms with E-state index in [0.717, 1.165) is 49.6 Å². The van der Waals surface area contributed by atoms with Gasteiger partial charge in [0.1, 0.15) is 0 Å². The molecule has 6 nitrogen and oxygen atoms in total. The molecule has 3 heterocycles. The van der Waals surface area contributed by atoms with Crippen molar-refractivity contribution in [3.05, 3.63) is 22.1 Å². The van der Waals surface area contributed by atoms with Crippen molar-refractivity contribution in [3.8, 4) is 0 Å². The SMILES string of the molecule is CCCc1cc(=O)n2nc(NC3CCN(C)CC3)sc2n1. The summed E-state index contributed by atoms with van der Waals surface area (Å²) in [7, 11) is 2.15. The van der Waals surface area contributed by atoms with Gasteiger partial charge in [0.15, 0.2) is 0 Å². The fourth-order valence-electron chi connectivity index (χ4n) is 2.63. The summed E-state index contributed by atoms with van der Waals surface area (Å²) in [5, 5.41) is 8.61. The summed E-state index contributed by atoms with van der Waals surface area (Å²) in [6.07, 6.45) is 4.04. The topological polar surface area (TPSA) is 62.5 Å². The van der Waals surface area contributed by atoms with Crippen LogP contribution < -0.4 is 10.9 Å². The lowest BCUT2D eigenvalue weighted by atomic mass is 10.1. The Kier molecular flexibility index (Phi) is 4.21. The molecule has 1 aliphatic heterocycles. The van der Waals surface area contributed by atoms with E-state index in [1.54, 1.807) is 6.07 Å². The minimum Gasteiger partial charge on any atom is -0.357 e. The highest BCUT2D eigenvalue weighted by Crippen LogP contribution is 2.20. The minimum atomic E-state index is -0.0869. The Balaban J connectivity index is 1.80. The minimum absolute atomic E-state index is 0.0869. The van der Waals surface area contributed by atoms with E-state index in [9.17, 15) is 4.79 Å². The summed E-state index contributed by atoms with van der Waals surface area (Å²) < 4.78 is 1.40. The second kappa shape index (κ2) is 6.11. The number of nitrogens with one attached hydrogen (secondary N) is 1. The van der Waals surface area contributed by atoms with Crippen LogP contribution in [0.4, 0.5) is 5.13 Å². The van der Waals surface area contributed by atoms with E-state index >= 15 is 0 Å². The quantitative estimate of drug-likeness (QED) is 0.930. The van der Waals surface area contributed by atoms with Gasteiger partial charge in [-0.2, -0.15) is 4.52 Å². The number of likely N-dealkylation sites (tertiary alicyclic amines) is 1. The summed E-state index contributed by atoms with van der Waals surface area (Å²) in [5.41, 5.74) is 0.771. The highest BCUT2D eigenvalue weighted by atomic mass is 32.1. The molecule has 0 aromatic carbocycles. The maximum absolute atomic E-state index is 12.1. The van der Waals surface area contributed by atoms with Crippen molar-refractivity contribution < 1.29 is 0 Å². The van der Waals surface area contributed by atoms with Gasteiger partial charge in [-0.25, -0.2) is 4.98 Å². The van der Waals surface area contributed by atoms with Gasteiger partial charge in [0.2, 0.25) is 10.1 Å². The molecule has 0 radical (unpaired) electrons. The number of piperidine rings is 1. The molecule has 0 bridgehead atoms. The molecule has 2 aromatic heterocycles. The van der Waals surface area contributed by atoms with Crippen molar-refractivity contribution in [2.24, 2.45) is 0 Å². The average molecular weight is 307 g/mol. The second-order valence-electron chi connectivity index (χ2n) is 5.66. The number of hydrogen-bond acceptors (Lipinski definition) is 6. The Morgan fingerprint density at radius 3 is 2.90 bits per heavy atom. The van der Waals surface area contributed by atoms with Crippen LogP contribution in [0.3, 0.4) is 0 Å². The van der Waals surface area contributed by atoms with E-state index in [1.165, 1.54) is 15.9 Å². The molecule has 7 heteroatoms. The smallest absolute Gasteiger partial charge is 0.275 e. The first-order chi connectivity index (χ1) is 10.2. The highest BCUT2D eigenvalue weighted by Gasteiger charge is 2.18. The zero-order valence-electron chi connectivity index (χ0n) is 12.5. The van der Waals surface area contributed by atoms with Crippen molar-refractivity contribution in [2.75, 3.05) is 25.5 Å². The summed E-state index contributed by atoms with van der Waals surface area (Å²) >= 11 is 1.46. The van der Waals surface area contributed by atoms with Gasteiger partial charge in [0, 0.05) is 17.8 Å². The van der Waals surface area contributed by atoms with Crippen LogP contribution in [0.1, 0.15) is 31.9 Å². The zero-order chi connectivity index (χ0) is 14.8. The fraction of sp³-hybridized carbons (Fsp3) is 0.643. The van der Waals surface area contributed by atoms with Crippen LogP contribution in [0.25, 0.3) is 4.96 Å². The molecular weight excluding hydrogens is 286 g/mol. The number of aromatic nitrogens is 3. The van der Waals surface area contributed by atoms with E-state index in [-0.39, 0.29) is 5.56 Å². The number of fused-ring (bicyclic) bond motifs is 1. The van der Waals surface area contributed by atoms with Gasteiger partial charge in [-0.15, -0.1) is 5.10 Å². The molecule has 0 saturated carbocycles. The Morgan fingerprint density at radius 2 is 2.19 bits per heavy atom. The fourth-order valence-corrected chi connectivity index (χ4v) is 3.53. The predicted octanol–water partition coefficient (Wildman–Crippen LogP) is 1.61. The highest BCUT2D eigenvalue weighted by molar-refractivity contribution is 7.20. The van der Waals surface area contributed by atoms with Gasteiger partial charge in [-0.05, 0) is 39.4 Å². The van der Waals surface area contributed by atoms with Crippen molar-refractivity contribution in [1.82, 2.24) is 19.5 Å². The van der Waals surface area contributed by atoms with E-state index in [4.69, 9.17) is 0 Å². The number of nitrogens with zero attached hydrogens (tertiary/aromatic N) is 4. The summed E-state index contributed by atoms with van der Waals surface area (Å²) in [5.74, 6) is 0. The van der Waals surface area contributed by atoms with Crippen LogP contribution in [-0.4, -0.2) is 45.7 Å². The molecule has 21 heavy (non-hydrogen) atoms. The van der Waals surface area contributed by atoms with Gasteiger partial charge < -0.3 is 10.2 Å². The lowest BCUT2D eigenvalue weighted by molar-refractivity contribution is 0.264. The third kappa shape index (κ3) is 3.24. The first-order valence-electron chi connectivity index (χ1n) is 7.50. The van der Waals surface area contributed by atoms with Crippen LogP contribution in [0.5, 0.6) is 0 Å². The van der Waals surface area contributed by atoms with Crippen LogP contribution in [0, 0.1) is 0 Å². The van der Waals surface area contributed by atoms with Crippen LogP contribution >= 0.6 is 11.3 Å². The molecule has 2 aromatic rings. The zero-order valence-corrected chi connectivity index (χ0v) is 13.3. The van der Waals surface area contributed by atoms with Crippen molar-refractivity contribution >= 4 is 21.4 Å². The maximum Gasteiger partial charge on any atom is 0.275 e. The first-order valence-corrected chi connectivity index (χ1v) is 8.32. The summed E-state index contributed by atoms with van der Waals surface area (Å²) in [4.78, 5) is 19.6. The lowest BCUT2D eigenvalue weighted by Crippen LogP contribution is -2.36. The van der Waals surface area contributed by atoms with Gasteiger partial charge in [-0.3, -0.25) is 4.79 Å². The second-order valence-corrected chi connectivity index (χ2v) is 6.62. The van der Waals surface area contributed by atoms with Crippen molar-refractivity contribution in [3.63, 3.8) is 0 Å². The summed E-state index contributed by atoms with van der Waals surface area (Å²) in [6.45, 7) is 4.28. The molecular formula is C14H21N5OS. The predicted molar refractivity (Wildman–Crippen MR) is 85.3 cm³/mol. The molecule has 0 unspecified atom stereocenters. The first kappa shape index (κ1) is 14.5. The van der Waals surface area contributed by atoms with Crippen LogP contribution in [0.15, 0.2) is 10.9 Å². The van der Waals surface area contributed by atoms with Crippen LogP contribution in [-0.2, 0) is 6.42 Å². The Bertz CT molecular complexity index is 672. The number of hydrogen-bond donors (Lipinski definition) is 1. The molecule has 1 fully saturated rings. The molecule has 1 saturated heterocycles. The van der Waals surface area contributed by atoms with Gasteiger partial charge in [-0.1, -0.05) is 24.7 Å². The van der Waals surface area contributed by atoms with Crippen molar-refractivity contribution in [2.45, 2.75) is 38.6 Å². The number of aryl methyl sites for hydroxylation is 1. The van der Waals surface area contributed by atoms with E-state index in [1.807, 2.05) is 0 Å². The Hall–Kier alpha value is -1.47. The van der Waals surface area contributed by atoms with Gasteiger partial charge in [0.05, 0.1) is 0 Å². The van der Waals surface area contributed by atoms with Crippen LogP contribution in [0.2, 0.25) is 0 Å². The molecule has 0 amide bonds. The van der Waals surface area contributed by atoms with Gasteiger partial charge in [0.25, 0.3) is 5.56 Å². The Morgan fingerprint density at radius 1 is 1.43 bits per heavy atom. The lowest BCUT2D eigenvalue weighted by Gasteiger charge is -2.29. The van der Waals surface area contributed by atoms with E-state index in [0.29, 0.717) is 11.0 Å². The molecule has 0 aliphatic carbocycles. The third-order valence-electron chi connectivity index (χ3n) is 3.85. The van der Waals surface area contributed by atoms with E-state index in [2.05, 4.69) is 34.3 Å². The number of rotatable bonds is 4. The molecule has 1 aliphatic rings. The average Bonchev–Trinajstić information content (AvgIpc) is 2.85. The van der Waals surface area contributed by atoms with E-state index < -0.39 is 0 Å². The number of anilines is 1. The largest absolute Gasteiger partial charge is 0.357 e. The normalized spacial score (nSPS) is 17.4. The molecule has 0 atom stereocenters. The molecule has 0 spiro atoms. The summed E-state index contributed by atoms with van der Waals surface area (Å²) in [6, 6.07) is 2.03. The molecule has 114 valence electrons. The monoisotopic (exact) mass is 307 g/mol. The standard InChI is InChI=1S/C14H21N5OS/c1-3-4-11-9-12(20)19-14(16-11)21-13(17-19)15-10-5-7-18(2)8-6-10/h9-10H,3-8H2,1-2H3,(H,15,17).